The second kappa shape index (κ2) is 9.28. The van der Waals surface area contributed by atoms with Crippen LogP contribution in [0.15, 0.2) is 24.8 Å². The van der Waals surface area contributed by atoms with Gasteiger partial charge in [0.2, 0.25) is 0 Å². The Bertz CT molecular complexity index is 267. The van der Waals surface area contributed by atoms with E-state index in [2.05, 4.69) is 33.1 Å². The van der Waals surface area contributed by atoms with Crippen LogP contribution in [-0.4, -0.2) is 20.2 Å². The van der Waals surface area contributed by atoms with Crippen LogP contribution >= 0.6 is 0 Å². The van der Waals surface area contributed by atoms with E-state index < -0.39 is 8.32 Å². The monoisotopic (exact) mass is 268 g/mol. The highest BCUT2D eigenvalue weighted by molar-refractivity contribution is 6.69. The second-order valence-electron chi connectivity index (χ2n) is 5.56. The predicted octanol–water partition coefficient (Wildman–Crippen LogP) is 4.49. The summed E-state index contributed by atoms with van der Waals surface area (Å²) in [5.74, 6) is 0.343. The molecule has 3 heteroatoms. The average molecular weight is 268 g/mol. The highest BCUT2D eigenvalue weighted by Crippen LogP contribution is 2.13. The number of hydrogen-bond acceptors (Lipinski definition) is 2. The van der Waals surface area contributed by atoms with E-state index >= 15 is 0 Å². The number of carbonyl (C=O) groups is 1. The van der Waals surface area contributed by atoms with Crippen LogP contribution < -0.4 is 0 Å². The lowest BCUT2D eigenvalue weighted by molar-refractivity contribution is -0.116. The number of ketones is 1. The molecule has 2 nitrogen and oxygen atoms in total. The number of Topliss-reactive ketones (excluding diaryl/α,β-unsaturated/α-hetero) is 1. The van der Waals surface area contributed by atoms with Crippen LogP contribution in [-0.2, 0) is 9.22 Å². The van der Waals surface area contributed by atoms with Crippen LogP contribution in [0.5, 0.6) is 0 Å². The summed E-state index contributed by atoms with van der Waals surface area (Å²) in [4.78, 5) is 10.2. The minimum atomic E-state index is -1.36. The third kappa shape index (κ3) is 10.5. The van der Waals surface area contributed by atoms with Gasteiger partial charge >= 0.3 is 0 Å². The van der Waals surface area contributed by atoms with Gasteiger partial charge in [0.1, 0.15) is 5.78 Å². The van der Waals surface area contributed by atoms with Gasteiger partial charge in [-0.25, -0.2) is 0 Å². The minimum absolute atomic E-state index is 0.289. The summed E-state index contributed by atoms with van der Waals surface area (Å²) in [6.45, 7) is 12.7. The minimum Gasteiger partial charge on any atom is -0.411 e. The predicted molar refractivity (Wildman–Crippen MR) is 81.3 cm³/mol. The largest absolute Gasteiger partial charge is 0.411 e. The van der Waals surface area contributed by atoms with Crippen molar-refractivity contribution < 1.29 is 9.22 Å². The van der Waals surface area contributed by atoms with Crippen molar-refractivity contribution in [2.45, 2.75) is 64.8 Å². The molecule has 0 heterocycles. The van der Waals surface area contributed by atoms with Crippen LogP contribution in [0, 0.1) is 0 Å². The molecule has 1 unspecified atom stereocenters. The molecule has 0 spiro atoms. The maximum atomic E-state index is 10.2. The van der Waals surface area contributed by atoms with Crippen molar-refractivity contribution in [1.29, 1.82) is 0 Å². The molecule has 0 saturated carbocycles. The van der Waals surface area contributed by atoms with E-state index in [0.717, 1.165) is 6.42 Å². The van der Waals surface area contributed by atoms with Crippen LogP contribution in [0.3, 0.4) is 0 Å². The van der Waals surface area contributed by atoms with Crippen LogP contribution in [0.4, 0.5) is 0 Å². The quantitative estimate of drug-likeness (QED) is 0.524. The molecule has 18 heavy (non-hydrogen) atoms. The molecule has 0 fully saturated rings. The normalized spacial score (nSPS) is 16.1. The van der Waals surface area contributed by atoms with E-state index in [1.54, 1.807) is 0 Å². The van der Waals surface area contributed by atoms with Gasteiger partial charge in [0.25, 0.3) is 0 Å². The van der Waals surface area contributed by atoms with Gasteiger partial charge in [0.05, 0.1) is 6.10 Å². The van der Waals surface area contributed by atoms with Gasteiger partial charge in [-0.2, -0.15) is 0 Å². The van der Waals surface area contributed by atoms with E-state index in [0.29, 0.717) is 18.6 Å². The zero-order valence-electron chi connectivity index (χ0n) is 12.4. The molecule has 0 aromatic rings. The summed E-state index contributed by atoms with van der Waals surface area (Å²) in [6, 6.07) is 0. The number of unbranched alkanes of at least 4 members (excludes halogenated alkanes) is 1. The first kappa shape index (κ1) is 17.3. The van der Waals surface area contributed by atoms with E-state index in [1.165, 1.54) is 12.8 Å². The Morgan fingerprint density at radius 3 is 2.22 bits per heavy atom. The third-order valence-corrected chi connectivity index (χ3v) is 3.48. The molecule has 0 radical (unpaired) electrons. The highest BCUT2D eigenvalue weighted by Gasteiger charge is 2.18. The number of carbonyl (C=O) groups excluding carboxylic acids is 1. The SMILES string of the molecule is C=CC(CCCC)O[Si](C)(C)C.O=C1CC=CC1. The van der Waals surface area contributed by atoms with Crippen LogP contribution in [0.1, 0.15) is 39.0 Å². The maximum absolute atomic E-state index is 10.2. The lowest BCUT2D eigenvalue weighted by Crippen LogP contribution is -2.30. The van der Waals surface area contributed by atoms with Gasteiger partial charge in [-0.05, 0) is 26.1 Å². The first-order chi connectivity index (χ1) is 8.39. The number of hydrogen-bond donors (Lipinski definition) is 0. The molecule has 0 aliphatic heterocycles. The summed E-state index contributed by atoms with van der Waals surface area (Å²) in [7, 11) is -1.36. The summed E-state index contributed by atoms with van der Waals surface area (Å²) in [5, 5.41) is 0. The van der Waals surface area contributed by atoms with Crippen LogP contribution in [0.25, 0.3) is 0 Å². The molecule has 0 bridgehead atoms. The van der Waals surface area contributed by atoms with Crippen molar-refractivity contribution in [3.8, 4) is 0 Å². The fourth-order valence-corrected chi connectivity index (χ4v) is 2.72. The van der Waals surface area contributed by atoms with E-state index in [4.69, 9.17) is 4.43 Å². The van der Waals surface area contributed by atoms with Gasteiger partial charge in [-0.3, -0.25) is 4.79 Å². The van der Waals surface area contributed by atoms with Crippen LogP contribution in [0.2, 0.25) is 19.6 Å². The van der Waals surface area contributed by atoms with Gasteiger partial charge < -0.3 is 4.43 Å². The van der Waals surface area contributed by atoms with Crippen molar-refractivity contribution >= 4 is 14.1 Å². The summed E-state index contributed by atoms with van der Waals surface area (Å²) < 4.78 is 5.91. The average Bonchev–Trinajstić information content (AvgIpc) is 2.74. The van der Waals surface area contributed by atoms with Crippen molar-refractivity contribution in [3.05, 3.63) is 24.8 Å². The number of allylic oxidation sites excluding steroid dienone is 2. The van der Waals surface area contributed by atoms with Crippen molar-refractivity contribution in [2.75, 3.05) is 0 Å². The van der Waals surface area contributed by atoms with E-state index in [1.807, 2.05) is 18.2 Å². The molecule has 1 aliphatic rings. The molecular weight excluding hydrogens is 240 g/mol. The Hall–Kier alpha value is -0.673. The Balaban J connectivity index is 0.000000397. The molecule has 1 rings (SSSR count). The van der Waals surface area contributed by atoms with Crippen molar-refractivity contribution in [1.82, 2.24) is 0 Å². The highest BCUT2D eigenvalue weighted by atomic mass is 28.4. The summed E-state index contributed by atoms with van der Waals surface area (Å²) in [6.07, 6.45) is 11.0. The molecule has 0 saturated heterocycles. The van der Waals surface area contributed by atoms with Gasteiger partial charge in [0.15, 0.2) is 8.32 Å². The fourth-order valence-electron chi connectivity index (χ4n) is 1.60. The summed E-state index contributed by atoms with van der Waals surface area (Å²) >= 11 is 0. The second-order valence-corrected chi connectivity index (χ2v) is 10.0. The maximum Gasteiger partial charge on any atom is 0.184 e. The Labute approximate surface area is 113 Å². The fraction of sp³-hybridized carbons (Fsp3) is 0.667. The standard InChI is InChI=1S/C10H22OSi.C5H6O/c1-6-8-9-10(7-2)11-12(3,4)5;6-5-3-1-2-4-5/h7,10H,2,6,8-9H2,1,3-5H3;1-2H,3-4H2. The first-order valence-electron chi connectivity index (χ1n) is 6.86. The lowest BCUT2D eigenvalue weighted by Gasteiger charge is -2.23. The Morgan fingerprint density at radius 2 is 1.94 bits per heavy atom. The third-order valence-electron chi connectivity index (χ3n) is 2.47. The summed E-state index contributed by atoms with van der Waals surface area (Å²) in [5.41, 5.74) is 0. The zero-order valence-corrected chi connectivity index (χ0v) is 13.4. The Kier molecular flexibility index (Phi) is 8.94. The van der Waals surface area contributed by atoms with Crippen molar-refractivity contribution in [2.24, 2.45) is 0 Å². The van der Waals surface area contributed by atoms with Gasteiger partial charge in [-0.15, -0.1) is 6.58 Å². The molecule has 0 amide bonds. The lowest BCUT2D eigenvalue weighted by atomic mass is 10.2. The molecule has 1 aliphatic carbocycles. The zero-order chi connectivity index (χ0) is 14.0. The molecule has 0 aromatic carbocycles. The smallest absolute Gasteiger partial charge is 0.184 e. The van der Waals surface area contributed by atoms with E-state index in [9.17, 15) is 4.79 Å². The van der Waals surface area contributed by atoms with Gasteiger partial charge in [-0.1, -0.05) is 38.0 Å². The molecule has 0 N–H and O–H groups in total. The first-order valence-corrected chi connectivity index (χ1v) is 10.3. The van der Waals surface area contributed by atoms with Crippen molar-refractivity contribution in [3.63, 3.8) is 0 Å². The topological polar surface area (TPSA) is 26.3 Å². The molecule has 0 aromatic heterocycles. The Morgan fingerprint density at radius 1 is 1.39 bits per heavy atom. The molecule has 104 valence electrons. The van der Waals surface area contributed by atoms with Gasteiger partial charge in [0, 0.05) is 12.8 Å². The molecule has 1 atom stereocenters. The molecular formula is C15H28O2Si. The van der Waals surface area contributed by atoms with E-state index in [-0.39, 0.29) is 6.10 Å². The number of rotatable bonds is 6.